The number of aromatic nitrogens is 2. The number of carbonyl (C=O) groups excluding carboxylic acids is 1. The van der Waals surface area contributed by atoms with Crippen LogP contribution in [0.5, 0.6) is 0 Å². The van der Waals surface area contributed by atoms with Crippen LogP contribution in [0.3, 0.4) is 0 Å². The van der Waals surface area contributed by atoms with E-state index in [2.05, 4.69) is 4.98 Å². The molecule has 0 fully saturated rings. The van der Waals surface area contributed by atoms with Crippen molar-refractivity contribution in [3.63, 3.8) is 0 Å². The van der Waals surface area contributed by atoms with E-state index in [4.69, 9.17) is 4.74 Å². The average molecular weight is 244 g/mol. The molecule has 0 N–H and O–H groups in total. The summed E-state index contributed by atoms with van der Waals surface area (Å²) in [5.74, 6) is -0.223. The maximum absolute atomic E-state index is 12.0. The molecule has 0 bridgehead atoms. The minimum Gasteiger partial charge on any atom is -0.464 e. The first kappa shape index (κ1) is 12.4. The van der Waals surface area contributed by atoms with E-state index in [9.17, 15) is 4.79 Å². The zero-order chi connectivity index (χ0) is 12.8. The van der Waals surface area contributed by atoms with Crippen LogP contribution in [0.1, 0.15) is 18.5 Å². The summed E-state index contributed by atoms with van der Waals surface area (Å²) in [6.07, 6.45) is 5.70. The van der Waals surface area contributed by atoms with Crippen molar-refractivity contribution < 1.29 is 9.53 Å². The van der Waals surface area contributed by atoms with Gasteiger partial charge in [0.25, 0.3) is 0 Å². The minimum absolute atomic E-state index is 0.223. The highest BCUT2D eigenvalue weighted by atomic mass is 16.5. The van der Waals surface area contributed by atoms with E-state index in [-0.39, 0.29) is 12.0 Å². The normalized spacial score (nSPS) is 12.1. The summed E-state index contributed by atoms with van der Waals surface area (Å²) in [5.41, 5.74) is 1.10. The van der Waals surface area contributed by atoms with Crippen molar-refractivity contribution in [2.45, 2.75) is 19.4 Å². The van der Waals surface area contributed by atoms with E-state index >= 15 is 0 Å². The monoisotopic (exact) mass is 244 g/mol. The lowest BCUT2D eigenvalue weighted by Gasteiger charge is -2.16. The Balaban J connectivity index is 2.18. The first-order valence-electron chi connectivity index (χ1n) is 5.99. The maximum atomic E-state index is 12.0. The summed E-state index contributed by atoms with van der Waals surface area (Å²) < 4.78 is 6.90. The van der Waals surface area contributed by atoms with Crippen molar-refractivity contribution in [1.82, 2.24) is 9.55 Å². The van der Waals surface area contributed by atoms with Crippen molar-refractivity contribution in [3.05, 3.63) is 54.6 Å². The number of hydrogen-bond acceptors (Lipinski definition) is 3. The van der Waals surface area contributed by atoms with Crippen LogP contribution < -0.4 is 0 Å². The van der Waals surface area contributed by atoms with Gasteiger partial charge in [-0.1, -0.05) is 30.3 Å². The van der Waals surface area contributed by atoms with E-state index in [1.165, 1.54) is 0 Å². The number of benzene rings is 1. The third kappa shape index (κ3) is 2.97. The molecule has 2 aromatic rings. The molecule has 0 saturated heterocycles. The summed E-state index contributed by atoms with van der Waals surface area (Å²) in [4.78, 5) is 16.0. The van der Waals surface area contributed by atoms with E-state index in [1.807, 2.05) is 37.3 Å². The summed E-state index contributed by atoms with van der Waals surface area (Å²) in [7, 11) is 0. The molecule has 0 aliphatic carbocycles. The predicted octanol–water partition coefficient (Wildman–Crippen LogP) is 2.23. The van der Waals surface area contributed by atoms with Crippen molar-refractivity contribution in [2.24, 2.45) is 0 Å². The Hall–Kier alpha value is -2.10. The summed E-state index contributed by atoms with van der Waals surface area (Å²) in [5, 5.41) is 0. The van der Waals surface area contributed by atoms with Gasteiger partial charge < -0.3 is 9.30 Å². The van der Waals surface area contributed by atoms with Gasteiger partial charge in [0.15, 0.2) is 0 Å². The SMILES string of the molecule is CCOC(=O)[C@H](Cc1ccccc1)n1ccnc1. The molecule has 4 nitrogen and oxygen atoms in total. The van der Waals surface area contributed by atoms with Gasteiger partial charge in [-0.25, -0.2) is 9.78 Å². The van der Waals surface area contributed by atoms with Crippen LogP contribution >= 0.6 is 0 Å². The molecule has 0 saturated carbocycles. The van der Waals surface area contributed by atoms with Crippen molar-refractivity contribution in [2.75, 3.05) is 6.61 Å². The fourth-order valence-corrected chi connectivity index (χ4v) is 1.84. The number of esters is 1. The van der Waals surface area contributed by atoms with Crippen LogP contribution in [0.15, 0.2) is 49.1 Å². The number of ether oxygens (including phenoxy) is 1. The van der Waals surface area contributed by atoms with Crippen LogP contribution in [-0.4, -0.2) is 22.1 Å². The molecule has 1 aromatic carbocycles. The van der Waals surface area contributed by atoms with E-state index < -0.39 is 0 Å². The Morgan fingerprint density at radius 2 is 2.17 bits per heavy atom. The first-order valence-corrected chi connectivity index (χ1v) is 5.99. The standard InChI is InChI=1S/C14H16N2O2/c1-2-18-14(17)13(16-9-8-15-11-16)10-12-6-4-3-5-7-12/h3-9,11,13H,2,10H2,1H3/t13-/m0/s1. The molecule has 0 spiro atoms. The largest absolute Gasteiger partial charge is 0.464 e. The molecule has 94 valence electrons. The predicted molar refractivity (Wildman–Crippen MR) is 68.0 cm³/mol. The lowest BCUT2D eigenvalue weighted by molar-refractivity contribution is -0.147. The van der Waals surface area contributed by atoms with Gasteiger partial charge in [0.05, 0.1) is 12.9 Å². The molecule has 0 radical (unpaired) electrons. The van der Waals surface area contributed by atoms with Crippen LogP contribution in [0.4, 0.5) is 0 Å². The lowest BCUT2D eigenvalue weighted by atomic mass is 10.1. The number of rotatable bonds is 5. The van der Waals surface area contributed by atoms with Gasteiger partial charge in [0.2, 0.25) is 0 Å². The van der Waals surface area contributed by atoms with E-state index in [0.29, 0.717) is 13.0 Å². The van der Waals surface area contributed by atoms with Crippen LogP contribution in [0, 0.1) is 0 Å². The molecular formula is C14H16N2O2. The van der Waals surface area contributed by atoms with Crippen LogP contribution in [0.2, 0.25) is 0 Å². The smallest absolute Gasteiger partial charge is 0.329 e. The molecule has 0 aliphatic heterocycles. The number of carbonyl (C=O) groups is 1. The second-order valence-corrected chi connectivity index (χ2v) is 3.97. The summed E-state index contributed by atoms with van der Waals surface area (Å²) >= 11 is 0. The van der Waals surface area contributed by atoms with Crippen LogP contribution in [0.25, 0.3) is 0 Å². The fraction of sp³-hybridized carbons (Fsp3) is 0.286. The summed E-state index contributed by atoms with van der Waals surface area (Å²) in [6.45, 7) is 2.20. The third-order valence-electron chi connectivity index (χ3n) is 2.72. The second-order valence-electron chi connectivity index (χ2n) is 3.97. The fourth-order valence-electron chi connectivity index (χ4n) is 1.84. The Bertz CT molecular complexity index is 480. The molecule has 2 rings (SSSR count). The quantitative estimate of drug-likeness (QED) is 0.757. The van der Waals surface area contributed by atoms with Gasteiger partial charge in [0.1, 0.15) is 6.04 Å². The minimum atomic E-state index is -0.352. The Labute approximate surface area is 106 Å². The van der Waals surface area contributed by atoms with Gasteiger partial charge >= 0.3 is 5.97 Å². The molecule has 1 heterocycles. The molecule has 0 amide bonds. The maximum Gasteiger partial charge on any atom is 0.329 e. The molecular weight excluding hydrogens is 228 g/mol. The molecule has 0 aliphatic rings. The second kappa shape index (κ2) is 6.00. The van der Waals surface area contributed by atoms with Gasteiger partial charge in [0, 0.05) is 18.8 Å². The van der Waals surface area contributed by atoms with Crippen molar-refractivity contribution in [1.29, 1.82) is 0 Å². The lowest BCUT2D eigenvalue weighted by Crippen LogP contribution is -2.23. The van der Waals surface area contributed by atoms with Gasteiger partial charge in [-0.2, -0.15) is 0 Å². The topological polar surface area (TPSA) is 44.1 Å². The van der Waals surface area contributed by atoms with Crippen molar-refractivity contribution >= 4 is 5.97 Å². The zero-order valence-corrected chi connectivity index (χ0v) is 10.3. The Morgan fingerprint density at radius 3 is 2.78 bits per heavy atom. The highest BCUT2D eigenvalue weighted by Crippen LogP contribution is 2.15. The molecule has 1 aromatic heterocycles. The number of imidazole rings is 1. The molecule has 1 atom stereocenters. The van der Waals surface area contributed by atoms with Crippen molar-refractivity contribution in [3.8, 4) is 0 Å². The van der Waals surface area contributed by atoms with E-state index in [1.54, 1.807) is 23.3 Å². The Morgan fingerprint density at radius 1 is 1.39 bits per heavy atom. The highest BCUT2D eigenvalue weighted by molar-refractivity contribution is 5.74. The number of hydrogen-bond donors (Lipinski definition) is 0. The molecule has 4 heteroatoms. The molecule has 18 heavy (non-hydrogen) atoms. The zero-order valence-electron chi connectivity index (χ0n) is 10.3. The van der Waals surface area contributed by atoms with Gasteiger partial charge in [-0.3, -0.25) is 0 Å². The highest BCUT2D eigenvalue weighted by Gasteiger charge is 2.21. The molecule has 0 unspecified atom stereocenters. The summed E-state index contributed by atoms with van der Waals surface area (Å²) in [6, 6.07) is 9.54. The van der Waals surface area contributed by atoms with Crippen LogP contribution in [-0.2, 0) is 16.0 Å². The Kier molecular flexibility index (Phi) is 4.12. The van der Waals surface area contributed by atoms with Gasteiger partial charge in [-0.15, -0.1) is 0 Å². The van der Waals surface area contributed by atoms with Gasteiger partial charge in [-0.05, 0) is 12.5 Å². The first-order chi connectivity index (χ1) is 8.81. The third-order valence-corrected chi connectivity index (χ3v) is 2.72. The number of nitrogens with zero attached hydrogens (tertiary/aromatic N) is 2. The average Bonchev–Trinajstić information content (AvgIpc) is 2.91. The van der Waals surface area contributed by atoms with E-state index in [0.717, 1.165) is 5.56 Å².